The van der Waals surface area contributed by atoms with Gasteiger partial charge in [0.2, 0.25) is 5.91 Å². The van der Waals surface area contributed by atoms with Crippen LogP contribution in [0.15, 0.2) is 42.9 Å². The molecule has 0 N–H and O–H groups in total. The van der Waals surface area contributed by atoms with E-state index in [0.717, 1.165) is 37.1 Å². The maximum atomic E-state index is 13.1. The first-order valence-corrected chi connectivity index (χ1v) is 8.62. The lowest BCUT2D eigenvalue weighted by molar-refractivity contribution is -0.137. The highest BCUT2D eigenvalue weighted by molar-refractivity contribution is 5.81. The van der Waals surface area contributed by atoms with Crippen LogP contribution in [0.1, 0.15) is 30.5 Å². The Bertz CT molecular complexity index is 692. The Morgan fingerprint density at radius 1 is 1.28 bits per heavy atom. The Morgan fingerprint density at radius 3 is 2.80 bits per heavy atom. The van der Waals surface area contributed by atoms with Crippen molar-refractivity contribution < 1.29 is 9.18 Å². The van der Waals surface area contributed by atoms with E-state index in [9.17, 15) is 9.18 Å². The monoisotopic (exact) mass is 342 g/mol. The van der Waals surface area contributed by atoms with Crippen molar-refractivity contribution in [1.29, 1.82) is 0 Å². The fourth-order valence-electron chi connectivity index (χ4n) is 3.27. The first-order chi connectivity index (χ1) is 12.1. The summed E-state index contributed by atoms with van der Waals surface area (Å²) in [6.07, 6.45) is 7.92. The third kappa shape index (κ3) is 4.60. The van der Waals surface area contributed by atoms with Gasteiger partial charge in [-0.1, -0.05) is 18.6 Å². The predicted molar refractivity (Wildman–Crippen MR) is 93.0 cm³/mol. The van der Waals surface area contributed by atoms with Gasteiger partial charge in [0.05, 0.1) is 24.5 Å². The van der Waals surface area contributed by atoms with Crippen LogP contribution in [-0.4, -0.2) is 45.3 Å². The van der Waals surface area contributed by atoms with Crippen molar-refractivity contribution >= 4 is 5.91 Å². The van der Waals surface area contributed by atoms with Gasteiger partial charge in [-0.3, -0.25) is 19.7 Å². The second kappa shape index (κ2) is 8.16. The SMILES string of the molecule is CN(Cc1cnccn1)C(=O)[C@@H]1CCCCN1Cc1ccc(F)cc1. The molecule has 1 fully saturated rings. The highest BCUT2D eigenvalue weighted by Gasteiger charge is 2.30. The molecule has 6 heteroatoms. The average Bonchev–Trinajstić information content (AvgIpc) is 2.64. The van der Waals surface area contributed by atoms with Gasteiger partial charge in [0.15, 0.2) is 0 Å². The van der Waals surface area contributed by atoms with Gasteiger partial charge < -0.3 is 4.90 Å². The van der Waals surface area contributed by atoms with Crippen LogP contribution in [0.2, 0.25) is 0 Å². The Hall–Kier alpha value is -2.34. The summed E-state index contributed by atoms with van der Waals surface area (Å²) < 4.78 is 13.1. The maximum absolute atomic E-state index is 13.1. The van der Waals surface area contributed by atoms with Crippen molar-refractivity contribution in [2.75, 3.05) is 13.6 Å². The number of carbonyl (C=O) groups excluding carboxylic acids is 1. The molecule has 2 heterocycles. The number of likely N-dealkylation sites (N-methyl/N-ethyl adjacent to an activating group) is 1. The summed E-state index contributed by atoms with van der Waals surface area (Å²) in [7, 11) is 1.81. The van der Waals surface area contributed by atoms with Crippen molar-refractivity contribution in [3.63, 3.8) is 0 Å². The van der Waals surface area contributed by atoms with E-state index in [-0.39, 0.29) is 17.8 Å². The zero-order chi connectivity index (χ0) is 17.6. The predicted octanol–water partition coefficient (Wildman–Crippen LogP) is 2.63. The molecule has 25 heavy (non-hydrogen) atoms. The van der Waals surface area contributed by atoms with Crippen LogP contribution in [0.4, 0.5) is 4.39 Å². The molecule has 132 valence electrons. The summed E-state index contributed by atoms with van der Waals surface area (Å²) >= 11 is 0. The second-order valence-electron chi connectivity index (χ2n) is 6.50. The molecule has 1 aromatic heterocycles. The molecule has 2 aromatic rings. The third-order valence-electron chi connectivity index (χ3n) is 4.59. The van der Waals surface area contributed by atoms with E-state index < -0.39 is 0 Å². The van der Waals surface area contributed by atoms with E-state index in [4.69, 9.17) is 0 Å². The molecule has 1 atom stereocenters. The van der Waals surface area contributed by atoms with E-state index in [1.54, 1.807) is 35.6 Å². The van der Waals surface area contributed by atoms with E-state index in [1.807, 2.05) is 7.05 Å². The molecule has 0 aliphatic carbocycles. The largest absolute Gasteiger partial charge is 0.338 e. The molecule has 1 aliphatic heterocycles. The van der Waals surface area contributed by atoms with Crippen LogP contribution in [0.25, 0.3) is 0 Å². The molecular formula is C19H23FN4O. The fourth-order valence-corrected chi connectivity index (χ4v) is 3.27. The highest BCUT2D eigenvalue weighted by atomic mass is 19.1. The summed E-state index contributed by atoms with van der Waals surface area (Å²) in [4.78, 5) is 25.1. The molecule has 1 aromatic carbocycles. The molecule has 1 saturated heterocycles. The maximum Gasteiger partial charge on any atom is 0.240 e. The second-order valence-corrected chi connectivity index (χ2v) is 6.50. The summed E-state index contributed by atoms with van der Waals surface area (Å²) in [5.41, 5.74) is 1.80. The molecule has 1 aliphatic rings. The number of hydrogen-bond acceptors (Lipinski definition) is 4. The number of benzene rings is 1. The minimum atomic E-state index is -0.237. The van der Waals surface area contributed by atoms with E-state index >= 15 is 0 Å². The van der Waals surface area contributed by atoms with Crippen LogP contribution in [0.5, 0.6) is 0 Å². The molecular weight excluding hydrogens is 319 g/mol. The van der Waals surface area contributed by atoms with E-state index in [2.05, 4.69) is 14.9 Å². The minimum Gasteiger partial charge on any atom is -0.338 e. The van der Waals surface area contributed by atoms with E-state index in [1.165, 1.54) is 12.1 Å². The number of rotatable bonds is 5. The molecule has 0 saturated carbocycles. The van der Waals surface area contributed by atoms with Gasteiger partial charge in [0.1, 0.15) is 5.82 Å². The standard InChI is InChI=1S/C19H23FN4O/c1-23(14-17-12-21-9-10-22-17)19(25)18-4-2-3-11-24(18)13-15-5-7-16(20)8-6-15/h5-10,12,18H,2-4,11,13-14H2,1H3/t18-/m0/s1. The van der Waals surface area contributed by atoms with Crippen LogP contribution >= 0.6 is 0 Å². The van der Waals surface area contributed by atoms with Crippen LogP contribution in [0, 0.1) is 5.82 Å². The smallest absolute Gasteiger partial charge is 0.240 e. The molecule has 0 spiro atoms. The Kier molecular flexibility index (Phi) is 5.71. The lowest BCUT2D eigenvalue weighted by atomic mass is 10.00. The zero-order valence-electron chi connectivity index (χ0n) is 14.4. The number of carbonyl (C=O) groups is 1. The number of aromatic nitrogens is 2. The minimum absolute atomic E-state index is 0.104. The van der Waals surface area contributed by atoms with Gasteiger partial charge in [0.25, 0.3) is 0 Å². The van der Waals surface area contributed by atoms with Crippen molar-refractivity contribution in [1.82, 2.24) is 19.8 Å². The number of hydrogen-bond donors (Lipinski definition) is 0. The normalized spacial score (nSPS) is 18.1. The van der Waals surface area contributed by atoms with Crippen LogP contribution in [-0.2, 0) is 17.9 Å². The third-order valence-corrected chi connectivity index (χ3v) is 4.59. The molecule has 0 unspecified atom stereocenters. The van der Waals surface area contributed by atoms with Crippen molar-refractivity contribution in [3.05, 3.63) is 59.9 Å². The van der Waals surface area contributed by atoms with E-state index in [0.29, 0.717) is 13.1 Å². The van der Waals surface area contributed by atoms with Crippen LogP contribution in [0.3, 0.4) is 0 Å². The van der Waals surface area contributed by atoms with Gasteiger partial charge in [-0.15, -0.1) is 0 Å². The first kappa shape index (κ1) is 17.5. The summed E-state index contributed by atoms with van der Waals surface area (Å²) in [5.74, 6) is -0.133. The molecule has 5 nitrogen and oxygen atoms in total. The van der Waals surface area contributed by atoms with Gasteiger partial charge >= 0.3 is 0 Å². The average molecular weight is 342 g/mol. The van der Waals surface area contributed by atoms with Gasteiger partial charge in [-0.05, 0) is 37.1 Å². The van der Waals surface area contributed by atoms with Crippen molar-refractivity contribution in [2.45, 2.75) is 38.4 Å². The number of piperidine rings is 1. The Labute approximate surface area is 147 Å². The topological polar surface area (TPSA) is 49.3 Å². The molecule has 0 bridgehead atoms. The summed E-state index contributed by atoms with van der Waals surface area (Å²) in [6.45, 7) is 2.00. The zero-order valence-corrected chi connectivity index (χ0v) is 14.4. The lowest BCUT2D eigenvalue weighted by Crippen LogP contribution is -2.49. The van der Waals surface area contributed by atoms with Crippen molar-refractivity contribution in [3.8, 4) is 0 Å². The Balaban J connectivity index is 1.66. The van der Waals surface area contributed by atoms with Gasteiger partial charge in [-0.2, -0.15) is 0 Å². The molecule has 3 rings (SSSR count). The van der Waals surface area contributed by atoms with Crippen molar-refractivity contribution in [2.24, 2.45) is 0 Å². The first-order valence-electron chi connectivity index (χ1n) is 8.62. The van der Waals surface area contributed by atoms with Gasteiger partial charge in [-0.25, -0.2) is 4.39 Å². The number of halogens is 1. The summed E-state index contributed by atoms with van der Waals surface area (Å²) in [6, 6.07) is 6.37. The van der Waals surface area contributed by atoms with Gasteiger partial charge in [0, 0.05) is 26.0 Å². The summed E-state index contributed by atoms with van der Waals surface area (Å²) in [5, 5.41) is 0. The molecule has 0 radical (unpaired) electrons. The number of likely N-dealkylation sites (tertiary alicyclic amines) is 1. The Morgan fingerprint density at radius 2 is 2.08 bits per heavy atom. The fraction of sp³-hybridized carbons (Fsp3) is 0.421. The lowest BCUT2D eigenvalue weighted by Gasteiger charge is -2.36. The number of amides is 1. The van der Waals surface area contributed by atoms with Crippen LogP contribution < -0.4 is 0 Å². The highest BCUT2D eigenvalue weighted by Crippen LogP contribution is 2.21. The quantitative estimate of drug-likeness (QED) is 0.838. The molecule has 1 amide bonds. The number of nitrogens with zero attached hydrogens (tertiary/aromatic N) is 4.